The Labute approximate surface area is 91.3 Å². The molecule has 1 fully saturated rings. The van der Waals surface area contributed by atoms with E-state index in [4.69, 9.17) is 5.73 Å². The number of aromatic nitrogens is 1. The summed E-state index contributed by atoms with van der Waals surface area (Å²) in [6, 6.07) is 2.42. The molecule has 3 nitrogen and oxygen atoms in total. The standard InChI is InChI=1S/C12H19N3/c1-9-10(2)14-6-5-12(9)15-7-3-4-11(13)8-15/h5-6,11H,3-4,7-8,13H2,1-2H3. The van der Waals surface area contributed by atoms with Gasteiger partial charge in [0, 0.05) is 36.7 Å². The SMILES string of the molecule is Cc1nccc(N2CCCC(N)C2)c1C. The van der Waals surface area contributed by atoms with Crippen molar-refractivity contribution in [3.63, 3.8) is 0 Å². The zero-order chi connectivity index (χ0) is 10.8. The molecule has 1 unspecified atom stereocenters. The van der Waals surface area contributed by atoms with Crippen LogP contribution in [0.1, 0.15) is 24.1 Å². The maximum Gasteiger partial charge on any atom is 0.0430 e. The van der Waals surface area contributed by atoms with Crippen molar-refractivity contribution < 1.29 is 0 Å². The van der Waals surface area contributed by atoms with E-state index in [9.17, 15) is 0 Å². The van der Waals surface area contributed by atoms with Crippen LogP contribution in [0, 0.1) is 13.8 Å². The van der Waals surface area contributed by atoms with Crippen LogP contribution in [0.2, 0.25) is 0 Å². The number of pyridine rings is 1. The van der Waals surface area contributed by atoms with Crippen molar-refractivity contribution in [3.05, 3.63) is 23.5 Å². The molecule has 0 aromatic carbocycles. The lowest BCUT2D eigenvalue weighted by Crippen LogP contribution is -2.43. The molecule has 0 amide bonds. The van der Waals surface area contributed by atoms with E-state index < -0.39 is 0 Å². The Kier molecular flexibility index (Phi) is 2.91. The fraction of sp³-hybridized carbons (Fsp3) is 0.583. The fourth-order valence-corrected chi connectivity index (χ4v) is 2.20. The summed E-state index contributed by atoms with van der Waals surface area (Å²) in [6.45, 7) is 6.29. The van der Waals surface area contributed by atoms with Gasteiger partial charge in [-0.2, -0.15) is 0 Å². The van der Waals surface area contributed by atoms with Gasteiger partial charge in [0.1, 0.15) is 0 Å². The Bertz CT molecular complexity index is 349. The number of nitrogens with two attached hydrogens (primary N) is 1. The maximum absolute atomic E-state index is 5.99. The van der Waals surface area contributed by atoms with Gasteiger partial charge in [0.2, 0.25) is 0 Å². The van der Waals surface area contributed by atoms with Gasteiger partial charge >= 0.3 is 0 Å². The van der Waals surface area contributed by atoms with E-state index in [2.05, 4.69) is 29.8 Å². The molecule has 2 heterocycles. The van der Waals surface area contributed by atoms with Gasteiger partial charge in [-0.25, -0.2) is 0 Å². The summed E-state index contributed by atoms with van der Waals surface area (Å²) in [5.41, 5.74) is 9.70. The molecule has 2 rings (SSSR count). The number of piperidine rings is 1. The second kappa shape index (κ2) is 4.19. The normalized spacial score (nSPS) is 21.8. The van der Waals surface area contributed by atoms with Crippen LogP contribution < -0.4 is 10.6 Å². The highest BCUT2D eigenvalue weighted by Gasteiger charge is 2.18. The first-order valence-electron chi connectivity index (χ1n) is 5.61. The fourth-order valence-electron chi connectivity index (χ4n) is 2.20. The van der Waals surface area contributed by atoms with Crippen LogP contribution >= 0.6 is 0 Å². The van der Waals surface area contributed by atoms with Crippen molar-refractivity contribution in [2.24, 2.45) is 5.73 Å². The molecule has 2 N–H and O–H groups in total. The third kappa shape index (κ3) is 2.12. The molecule has 0 saturated carbocycles. The minimum atomic E-state index is 0.326. The zero-order valence-corrected chi connectivity index (χ0v) is 9.53. The predicted octanol–water partition coefficient (Wildman–Crippen LogP) is 1.63. The molecule has 15 heavy (non-hydrogen) atoms. The summed E-state index contributed by atoms with van der Waals surface area (Å²) in [4.78, 5) is 6.68. The summed E-state index contributed by atoms with van der Waals surface area (Å²) < 4.78 is 0. The van der Waals surface area contributed by atoms with Crippen molar-refractivity contribution in [2.45, 2.75) is 32.7 Å². The topological polar surface area (TPSA) is 42.2 Å². The number of nitrogens with zero attached hydrogens (tertiary/aromatic N) is 2. The summed E-state index contributed by atoms with van der Waals surface area (Å²) >= 11 is 0. The minimum absolute atomic E-state index is 0.326. The van der Waals surface area contributed by atoms with Gasteiger partial charge in [-0.15, -0.1) is 0 Å². The van der Waals surface area contributed by atoms with Crippen LogP contribution in [-0.2, 0) is 0 Å². The molecule has 0 aliphatic carbocycles. The number of aryl methyl sites for hydroxylation is 1. The van der Waals surface area contributed by atoms with Crippen LogP contribution in [0.5, 0.6) is 0 Å². The first kappa shape index (κ1) is 10.4. The maximum atomic E-state index is 5.99. The van der Waals surface area contributed by atoms with Gasteiger partial charge in [0.05, 0.1) is 0 Å². The van der Waals surface area contributed by atoms with E-state index in [0.29, 0.717) is 6.04 Å². The lowest BCUT2D eigenvalue weighted by atomic mass is 10.0. The van der Waals surface area contributed by atoms with Crippen LogP contribution in [-0.4, -0.2) is 24.1 Å². The number of hydrogen-bond donors (Lipinski definition) is 1. The highest BCUT2D eigenvalue weighted by molar-refractivity contribution is 5.54. The number of anilines is 1. The number of hydrogen-bond acceptors (Lipinski definition) is 3. The summed E-state index contributed by atoms with van der Waals surface area (Å²) in [5, 5.41) is 0. The van der Waals surface area contributed by atoms with Gasteiger partial charge in [-0.1, -0.05) is 0 Å². The van der Waals surface area contributed by atoms with E-state index in [1.807, 2.05) is 6.20 Å². The van der Waals surface area contributed by atoms with Crippen molar-refractivity contribution >= 4 is 5.69 Å². The van der Waals surface area contributed by atoms with E-state index in [1.54, 1.807) is 0 Å². The van der Waals surface area contributed by atoms with E-state index in [1.165, 1.54) is 17.7 Å². The van der Waals surface area contributed by atoms with Gasteiger partial charge in [0.25, 0.3) is 0 Å². The Morgan fingerprint density at radius 3 is 3.00 bits per heavy atom. The molecule has 1 saturated heterocycles. The average molecular weight is 205 g/mol. The molecule has 0 bridgehead atoms. The summed E-state index contributed by atoms with van der Waals surface area (Å²) in [6.07, 6.45) is 4.24. The van der Waals surface area contributed by atoms with Crippen molar-refractivity contribution in [3.8, 4) is 0 Å². The van der Waals surface area contributed by atoms with Crippen molar-refractivity contribution in [1.29, 1.82) is 0 Å². The van der Waals surface area contributed by atoms with Crippen LogP contribution in [0.25, 0.3) is 0 Å². The van der Waals surface area contributed by atoms with Crippen LogP contribution in [0.15, 0.2) is 12.3 Å². The molecule has 1 aromatic rings. The molecule has 82 valence electrons. The molecule has 3 heteroatoms. The van der Waals surface area contributed by atoms with E-state index >= 15 is 0 Å². The Morgan fingerprint density at radius 1 is 1.47 bits per heavy atom. The molecule has 1 atom stereocenters. The Balaban J connectivity index is 2.24. The molecular formula is C12H19N3. The largest absolute Gasteiger partial charge is 0.370 e. The quantitative estimate of drug-likeness (QED) is 0.757. The van der Waals surface area contributed by atoms with Gasteiger partial charge in [0.15, 0.2) is 0 Å². The van der Waals surface area contributed by atoms with E-state index in [0.717, 1.165) is 25.2 Å². The first-order valence-corrected chi connectivity index (χ1v) is 5.61. The van der Waals surface area contributed by atoms with Gasteiger partial charge in [-0.3, -0.25) is 4.98 Å². The van der Waals surface area contributed by atoms with Crippen LogP contribution in [0.3, 0.4) is 0 Å². The Hall–Kier alpha value is -1.09. The lowest BCUT2D eigenvalue weighted by Gasteiger charge is -2.33. The molecule has 0 radical (unpaired) electrons. The highest BCUT2D eigenvalue weighted by Crippen LogP contribution is 2.24. The van der Waals surface area contributed by atoms with E-state index in [-0.39, 0.29) is 0 Å². The van der Waals surface area contributed by atoms with Gasteiger partial charge in [-0.05, 0) is 38.3 Å². The third-order valence-electron chi connectivity index (χ3n) is 3.23. The second-order valence-electron chi connectivity index (χ2n) is 4.39. The van der Waals surface area contributed by atoms with Gasteiger partial charge < -0.3 is 10.6 Å². The lowest BCUT2D eigenvalue weighted by molar-refractivity contribution is 0.505. The second-order valence-corrected chi connectivity index (χ2v) is 4.39. The third-order valence-corrected chi connectivity index (χ3v) is 3.23. The monoisotopic (exact) mass is 205 g/mol. The smallest absolute Gasteiger partial charge is 0.0430 e. The first-order chi connectivity index (χ1) is 7.18. The predicted molar refractivity (Wildman–Crippen MR) is 63.1 cm³/mol. The molecule has 1 aromatic heterocycles. The summed E-state index contributed by atoms with van der Waals surface area (Å²) in [5.74, 6) is 0. The molecule has 1 aliphatic rings. The van der Waals surface area contributed by atoms with Crippen molar-refractivity contribution in [2.75, 3.05) is 18.0 Å². The highest BCUT2D eigenvalue weighted by atomic mass is 15.2. The molecule has 0 spiro atoms. The van der Waals surface area contributed by atoms with Crippen molar-refractivity contribution in [1.82, 2.24) is 4.98 Å². The average Bonchev–Trinajstić information content (AvgIpc) is 2.22. The number of rotatable bonds is 1. The van der Waals surface area contributed by atoms with Crippen LogP contribution in [0.4, 0.5) is 5.69 Å². The molecule has 1 aliphatic heterocycles. The zero-order valence-electron chi connectivity index (χ0n) is 9.53. The minimum Gasteiger partial charge on any atom is -0.370 e. The Morgan fingerprint density at radius 2 is 2.27 bits per heavy atom. The molecular weight excluding hydrogens is 186 g/mol. The summed E-state index contributed by atoms with van der Waals surface area (Å²) in [7, 11) is 0.